The van der Waals surface area contributed by atoms with Crippen LogP contribution in [0.25, 0.3) is 0 Å². The van der Waals surface area contributed by atoms with Crippen molar-refractivity contribution in [3.8, 4) is 0 Å². The Morgan fingerprint density at radius 1 is 1.25 bits per heavy atom. The zero-order valence-corrected chi connectivity index (χ0v) is 11.7. The molecule has 16 heavy (non-hydrogen) atoms. The molecular weight excluding hydrogens is 262 g/mol. The van der Waals surface area contributed by atoms with Crippen LogP contribution in [0.4, 0.5) is 0 Å². The lowest BCUT2D eigenvalue weighted by Crippen LogP contribution is -2.34. The van der Waals surface area contributed by atoms with E-state index in [0.717, 1.165) is 17.3 Å². The second-order valence-electron chi connectivity index (χ2n) is 5.12. The number of rotatable bonds is 4. The molecule has 1 aliphatic rings. The van der Waals surface area contributed by atoms with Gasteiger partial charge in [-0.1, -0.05) is 45.8 Å². The molecule has 0 unspecified atom stereocenters. The fourth-order valence-electron chi connectivity index (χ4n) is 2.31. The Morgan fingerprint density at radius 2 is 1.88 bits per heavy atom. The molecule has 2 heteroatoms. The van der Waals surface area contributed by atoms with Crippen LogP contribution in [-0.2, 0) is 6.54 Å². The lowest BCUT2D eigenvalue weighted by molar-refractivity contribution is 0.208. The summed E-state index contributed by atoms with van der Waals surface area (Å²) in [5.41, 5.74) is 2.76. The second kappa shape index (κ2) is 5.33. The highest BCUT2D eigenvalue weighted by atomic mass is 79.9. The molecule has 0 bridgehead atoms. The largest absolute Gasteiger partial charge is 0.302 e. The van der Waals surface area contributed by atoms with Crippen molar-refractivity contribution in [3.05, 3.63) is 35.4 Å². The molecule has 0 heterocycles. The molecule has 0 saturated heterocycles. The van der Waals surface area contributed by atoms with Crippen LogP contribution >= 0.6 is 15.9 Å². The van der Waals surface area contributed by atoms with E-state index in [-0.39, 0.29) is 0 Å². The standard InChI is InChI=1S/C14H20BrN/c1-11-3-5-12(6-4-11)9-16(2)10-13-7-14(15)8-13/h3-6,13-14H,7-10H2,1-2H3. The van der Waals surface area contributed by atoms with Crippen LogP contribution in [-0.4, -0.2) is 23.3 Å². The summed E-state index contributed by atoms with van der Waals surface area (Å²) in [7, 11) is 2.22. The summed E-state index contributed by atoms with van der Waals surface area (Å²) in [6, 6.07) is 8.86. The van der Waals surface area contributed by atoms with Gasteiger partial charge in [-0.05, 0) is 38.3 Å². The number of hydrogen-bond donors (Lipinski definition) is 0. The Morgan fingerprint density at radius 3 is 2.44 bits per heavy atom. The van der Waals surface area contributed by atoms with Crippen LogP contribution in [0.15, 0.2) is 24.3 Å². The van der Waals surface area contributed by atoms with Gasteiger partial charge in [-0.2, -0.15) is 0 Å². The van der Waals surface area contributed by atoms with E-state index in [9.17, 15) is 0 Å². The van der Waals surface area contributed by atoms with Crippen molar-refractivity contribution < 1.29 is 0 Å². The van der Waals surface area contributed by atoms with Crippen molar-refractivity contribution in [2.45, 2.75) is 31.1 Å². The fourth-order valence-corrected chi connectivity index (χ4v) is 3.37. The third-order valence-corrected chi connectivity index (χ3v) is 4.07. The molecule has 1 saturated carbocycles. The highest BCUT2D eigenvalue weighted by molar-refractivity contribution is 9.09. The molecule has 0 atom stereocenters. The molecule has 1 fully saturated rings. The van der Waals surface area contributed by atoms with Gasteiger partial charge >= 0.3 is 0 Å². The first-order valence-electron chi connectivity index (χ1n) is 6.01. The average molecular weight is 282 g/mol. The van der Waals surface area contributed by atoms with Gasteiger partial charge in [0.05, 0.1) is 0 Å². The molecule has 0 aromatic heterocycles. The van der Waals surface area contributed by atoms with Crippen molar-refractivity contribution in [2.75, 3.05) is 13.6 Å². The Kier molecular flexibility index (Phi) is 4.04. The Balaban J connectivity index is 1.78. The first-order chi connectivity index (χ1) is 7.63. The minimum Gasteiger partial charge on any atom is -0.302 e. The molecule has 1 aromatic rings. The highest BCUT2D eigenvalue weighted by Crippen LogP contribution is 2.33. The van der Waals surface area contributed by atoms with Crippen molar-refractivity contribution in [3.63, 3.8) is 0 Å². The van der Waals surface area contributed by atoms with E-state index in [1.165, 1.54) is 30.5 Å². The van der Waals surface area contributed by atoms with Crippen LogP contribution in [0.1, 0.15) is 24.0 Å². The van der Waals surface area contributed by atoms with Crippen molar-refractivity contribution in [1.82, 2.24) is 4.90 Å². The summed E-state index contributed by atoms with van der Waals surface area (Å²) in [5.74, 6) is 0.903. The summed E-state index contributed by atoms with van der Waals surface area (Å²) in [4.78, 5) is 3.22. The fraction of sp³-hybridized carbons (Fsp3) is 0.571. The van der Waals surface area contributed by atoms with Crippen LogP contribution in [0, 0.1) is 12.8 Å². The second-order valence-corrected chi connectivity index (χ2v) is 6.41. The third kappa shape index (κ3) is 3.33. The van der Waals surface area contributed by atoms with Gasteiger partial charge in [0.1, 0.15) is 0 Å². The molecule has 1 aliphatic carbocycles. The smallest absolute Gasteiger partial charge is 0.0230 e. The topological polar surface area (TPSA) is 3.24 Å². The maximum atomic E-state index is 3.65. The van der Waals surface area contributed by atoms with E-state index in [4.69, 9.17) is 0 Å². The monoisotopic (exact) mass is 281 g/mol. The molecule has 0 spiro atoms. The molecule has 0 N–H and O–H groups in total. The van der Waals surface area contributed by atoms with Gasteiger partial charge in [0.2, 0.25) is 0 Å². The van der Waals surface area contributed by atoms with E-state index >= 15 is 0 Å². The van der Waals surface area contributed by atoms with Gasteiger partial charge in [0.25, 0.3) is 0 Å². The quantitative estimate of drug-likeness (QED) is 0.763. The molecule has 2 rings (SSSR count). The number of alkyl halides is 1. The van der Waals surface area contributed by atoms with Crippen LogP contribution in [0.5, 0.6) is 0 Å². The predicted octanol–water partition coefficient (Wildman–Crippen LogP) is 3.60. The molecule has 0 amide bonds. The molecule has 88 valence electrons. The van der Waals surface area contributed by atoms with Gasteiger partial charge in [-0.25, -0.2) is 0 Å². The molecule has 1 aromatic carbocycles. The first kappa shape index (κ1) is 12.1. The Bertz CT molecular complexity index is 327. The number of hydrogen-bond acceptors (Lipinski definition) is 1. The van der Waals surface area contributed by atoms with Gasteiger partial charge in [0, 0.05) is 17.9 Å². The highest BCUT2D eigenvalue weighted by Gasteiger charge is 2.27. The van der Waals surface area contributed by atoms with E-state index in [1.54, 1.807) is 0 Å². The van der Waals surface area contributed by atoms with Crippen molar-refractivity contribution >= 4 is 15.9 Å². The van der Waals surface area contributed by atoms with E-state index in [2.05, 4.69) is 59.1 Å². The molecule has 0 radical (unpaired) electrons. The first-order valence-corrected chi connectivity index (χ1v) is 6.93. The minimum absolute atomic E-state index is 0.783. The molecule has 0 aliphatic heterocycles. The summed E-state index contributed by atoms with van der Waals surface area (Å²) in [5, 5.41) is 0. The normalized spacial score (nSPS) is 24.5. The predicted molar refractivity (Wildman–Crippen MR) is 73.0 cm³/mol. The Hall–Kier alpha value is -0.340. The third-order valence-electron chi connectivity index (χ3n) is 3.32. The van der Waals surface area contributed by atoms with Gasteiger partial charge in [-0.15, -0.1) is 0 Å². The van der Waals surface area contributed by atoms with Crippen molar-refractivity contribution in [1.29, 1.82) is 0 Å². The van der Waals surface area contributed by atoms with Crippen LogP contribution in [0.2, 0.25) is 0 Å². The SMILES string of the molecule is Cc1ccc(CN(C)CC2CC(Br)C2)cc1. The number of aryl methyl sites for hydroxylation is 1. The summed E-state index contributed by atoms with van der Waals surface area (Å²) < 4.78 is 0. The van der Waals surface area contributed by atoms with Crippen LogP contribution in [0.3, 0.4) is 0 Å². The maximum absolute atomic E-state index is 3.65. The summed E-state index contributed by atoms with van der Waals surface area (Å²) >= 11 is 3.65. The summed E-state index contributed by atoms with van der Waals surface area (Å²) in [6.07, 6.45) is 2.69. The van der Waals surface area contributed by atoms with E-state index < -0.39 is 0 Å². The number of benzene rings is 1. The van der Waals surface area contributed by atoms with Gasteiger partial charge < -0.3 is 4.90 Å². The van der Waals surface area contributed by atoms with Crippen LogP contribution < -0.4 is 0 Å². The number of nitrogens with zero attached hydrogens (tertiary/aromatic N) is 1. The van der Waals surface area contributed by atoms with Crippen molar-refractivity contribution in [2.24, 2.45) is 5.92 Å². The maximum Gasteiger partial charge on any atom is 0.0230 e. The van der Waals surface area contributed by atoms with E-state index in [1.807, 2.05) is 0 Å². The lowest BCUT2D eigenvalue weighted by Gasteiger charge is -2.34. The van der Waals surface area contributed by atoms with E-state index in [0.29, 0.717) is 0 Å². The van der Waals surface area contributed by atoms with Gasteiger partial charge in [-0.3, -0.25) is 0 Å². The number of halogens is 1. The minimum atomic E-state index is 0.783. The lowest BCUT2D eigenvalue weighted by atomic mass is 9.85. The molecule has 1 nitrogen and oxygen atoms in total. The molecular formula is C14H20BrN. The average Bonchev–Trinajstić information content (AvgIpc) is 2.19. The summed E-state index contributed by atoms with van der Waals surface area (Å²) in [6.45, 7) is 4.44. The zero-order chi connectivity index (χ0) is 11.5. The zero-order valence-electron chi connectivity index (χ0n) is 10.1. The Labute approximate surface area is 107 Å². The van der Waals surface area contributed by atoms with Gasteiger partial charge in [0.15, 0.2) is 0 Å².